The van der Waals surface area contributed by atoms with Crippen molar-refractivity contribution in [2.45, 2.75) is 63.1 Å². The molecular formula is C14H26N2O. The molecule has 3 fully saturated rings. The van der Waals surface area contributed by atoms with Crippen LogP contribution in [0.3, 0.4) is 0 Å². The molecule has 0 aromatic heterocycles. The van der Waals surface area contributed by atoms with Gasteiger partial charge in [-0.1, -0.05) is 6.92 Å². The summed E-state index contributed by atoms with van der Waals surface area (Å²) in [5.41, 5.74) is 6.43. The first-order valence-electron chi connectivity index (χ1n) is 7.36. The van der Waals surface area contributed by atoms with E-state index < -0.39 is 0 Å². The highest BCUT2D eigenvalue weighted by Crippen LogP contribution is 2.44. The van der Waals surface area contributed by atoms with Crippen LogP contribution in [0.5, 0.6) is 0 Å². The monoisotopic (exact) mass is 238 g/mol. The molecular weight excluding hydrogens is 212 g/mol. The molecule has 3 heteroatoms. The van der Waals surface area contributed by atoms with Gasteiger partial charge in [-0.3, -0.25) is 4.90 Å². The number of nitrogens with two attached hydrogens (primary N) is 1. The largest absolute Gasteiger partial charge is 0.378 e. The van der Waals surface area contributed by atoms with Gasteiger partial charge in [0.15, 0.2) is 0 Å². The second-order valence-corrected chi connectivity index (χ2v) is 6.27. The lowest BCUT2D eigenvalue weighted by molar-refractivity contribution is -0.0804. The normalized spacial score (nSPS) is 46.6. The zero-order valence-electron chi connectivity index (χ0n) is 11.0. The highest BCUT2D eigenvalue weighted by Gasteiger charge is 2.49. The Bertz CT molecular complexity index is 283. The van der Waals surface area contributed by atoms with E-state index in [0.717, 1.165) is 44.4 Å². The number of ether oxygens (including phenoxy) is 1. The Kier molecular flexibility index (Phi) is 3.18. The van der Waals surface area contributed by atoms with Crippen molar-refractivity contribution in [3.05, 3.63) is 0 Å². The van der Waals surface area contributed by atoms with E-state index in [4.69, 9.17) is 10.5 Å². The van der Waals surface area contributed by atoms with Crippen molar-refractivity contribution >= 4 is 0 Å². The smallest absolute Gasteiger partial charge is 0.0590 e. The number of nitrogens with zero attached hydrogens (tertiary/aromatic N) is 1. The first-order chi connectivity index (χ1) is 8.27. The van der Waals surface area contributed by atoms with E-state index in [2.05, 4.69) is 11.8 Å². The van der Waals surface area contributed by atoms with E-state index in [1.54, 1.807) is 0 Å². The van der Waals surface area contributed by atoms with Crippen molar-refractivity contribution < 1.29 is 4.74 Å². The van der Waals surface area contributed by atoms with Crippen LogP contribution in [-0.2, 0) is 4.74 Å². The summed E-state index contributed by atoms with van der Waals surface area (Å²) in [6.07, 6.45) is 8.15. The van der Waals surface area contributed by atoms with Crippen LogP contribution in [0.15, 0.2) is 0 Å². The minimum Gasteiger partial charge on any atom is -0.378 e. The third-order valence-electron chi connectivity index (χ3n) is 5.38. The van der Waals surface area contributed by atoms with Gasteiger partial charge in [0.1, 0.15) is 0 Å². The minimum absolute atomic E-state index is 0.263. The predicted molar refractivity (Wildman–Crippen MR) is 68.9 cm³/mol. The van der Waals surface area contributed by atoms with Crippen molar-refractivity contribution in [2.75, 3.05) is 19.7 Å². The predicted octanol–water partition coefficient (Wildman–Crippen LogP) is 1.76. The quantitative estimate of drug-likeness (QED) is 0.814. The Balaban J connectivity index is 1.77. The van der Waals surface area contributed by atoms with Gasteiger partial charge in [-0.25, -0.2) is 0 Å². The van der Waals surface area contributed by atoms with E-state index >= 15 is 0 Å². The number of piperidine rings is 1. The molecule has 2 heterocycles. The fourth-order valence-corrected chi connectivity index (χ4v) is 4.33. The topological polar surface area (TPSA) is 38.5 Å². The first kappa shape index (κ1) is 11.9. The highest BCUT2D eigenvalue weighted by atomic mass is 16.5. The van der Waals surface area contributed by atoms with Crippen LogP contribution >= 0.6 is 0 Å². The van der Waals surface area contributed by atoms with Gasteiger partial charge in [0, 0.05) is 31.3 Å². The SMILES string of the molecule is CCC1CC(CN)(N2CC3CCC2C3)CCO1. The Morgan fingerprint density at radius 3 is 2.88 bits per heavy atom. The van der Waals surface area contributed by atoms with Crippen LogP contribution in [0.2, 0.25) is 0 Å². The Hall–Kier alpha value is -0.120. The van der Waals surface area contributed by atoms with Gasteiger partial charge in [0.05, 0.1) is 6.10 Å². The summed E-state index contributed by atoms with van der Waals surface area (Å²) in [7, 11) is 0. The third kappa shape index (κ3) is 1.92. The molecule has 2 saturated heterocycles. The Morgan fingerprint density at radius 2 is 2.29 bits per heavy atom. The molecule has 1 aliphatic carbocycles. The lowest BCUT2D eigenvalue weighted by Crippen LogP contribution is -2.60. The van der Waals surface area contributed by atoms with Crippen LogP contribution in [0.25, 0.3) is 0 Å². The Labute approximate surface area is 105 Å². The van der Waals surface area contributed by atoms with E-state index in [1.807, 2.05) is 0 Å². The molecule has 0 aromatic rings. The summed E-state index contributed by atoms with van der Waals surface area (Å²) in [4.78, 5) is 2.77. The molecule has 0 radical (unpaired) electrons. The van der Waals surface area contributed by atoms with Crippen LogP contribution in [-0.4, -0.2) is 42.3 Å². The average Bonchev–Trinajstić information content (AvgIpc) is 3.01. The van der Waals surface area contributed by atoms with Gasteiger partial charge < -0.3 is 10.5 Å². The van der Waals surface area contributed by atoms with Crippen LogP contribution in [0.4, 0.5) is 0 Å². The Morgan fingerprint density at radius 1 is 1.41 bits per heavy atom. The maximum atomic E-state index is 6.17. The lowest BCUT2D eigenvalue weighted by atomic mass is 9.82. The van der Waals surface area contributed by atoms with Crippen molar-refractivity contribution in [3.63, 3.8) is 0 Å². The molecule has 0 amide bonds. The summed E-state index contributed by atoms with van der Waals surface area (Å²) in [5.74, 6) is 0.964. The van der Waals surface area contributed by atoms with Crippen molar-refractivity contribution in [1.82, 2.24) is 4.90 Å². The summed E-state index contributed by atoms with van der Waals surface area (Å²) in [6, 6.07) is 0.833. The van der Waals surface area contributed by atoms with Gasteiger partial charge in [-0.2, -0.15) is 0 Å². The van der Waals surface area contributed by atoms with E-state index in [0.29, 0.717) is 6.10 Å². The van der Waals surface area contributed by atoms with Gasteiger partial charge in [0.2, 0.25) is 0 Å². The van der Waals surface area contributed by atoms with Crippen molar-refractivity contribution in [1.29, 1.82) is 0 Å². The van der Waals surface area contributed by atoms with Gasteiger partial charge in [-0.15, -0.1) is 0 Å². The van der Waals surface area contributed by atoms with Crippen molar-refractivity contribution in [2.24, 2.45) is 11.7 Å². The fourth-order valence-electron chi connectivity index (χ4n) is 4.33. The first-order valence-corrected chi connectivity index (χ1v) is 7.36. The van der Waals surface area contributed by atoms with Crippen molar-refractivity contribution in [3.8, 4) is 0 Å². The summed E-state index contributed by atoms with van der Waals surface area (Å²) in [6.45, 7) is 5.26. The number of hydrogen-bond donors (Lipinski definition) is 1. The lowest BCUT2D eigenvalue weighted by Gasteiger charge is -2.49. The van der Waals surface area contributed by atoms with Crippen LogP contribution < -0.4 is 5.73 Å². The molecule has 2 N–H and O–H groups in total. The average molecular weight is 238 g/mol. The van der Waals surface area contributed by atoms with Crippen LogP contribution in [0, 0.1) is 5.92 Å². The summed E-state index contributed by atoms with van der Waals surface area (Å²) < 4.78 is 5.84. The second-order valence-electron chi connectivity index (χ2n) is 6.27. The maximum absolute atomic E-state index is 6.17. The molecule has 1 saturated carbocycles. The number of fused-ring (bicyclic) bond motifs is 2. The number of likely N-dealkylation sites (tertiary alicyclic amines) is 1. The van der Waals surface area contributed by atoms with E-state index in [9.17, 15) is 0 Å². The molecule has 3 aliphatic rings. The summed E-state index contributed by atoms with van der Waals surface area (Å²) in [5, 5.41) is 0. The zero-order chi connectivity index (χ0) is 11.9. The standard InChI is InChI=1S/C14H26N2O/c1-2-13-8-14(10-15,5-6-17-13)16-9-11-3-4-12(16)7-11/h11-13H,2-10,15H2,1H3. The molecule has 0 spiro atoms. The number of rotatable bonds is 3. The molecule has 0 aromatic carbocycles. The van der Waals surface area contributed by atoms with E-state index in [-0.39, 0.29) is 5.54 Å². The summed E-state index contributed by atoms with van der Waals surface area (Å²) >= 11 is 0. The van der Waals surface area contributed by atoms with Crippen LogP contribution in [0.1, 0.15) is 45.4 Å². The molecule has 3 rings (SSSR count). The maximum Gasteiger partial charge on any atom is 0.0590 e. The molecule has 2 bridgehead atoms. The molecule has 2 aliphatic heterocycles. The number of hydrogen-bond acceptors (Lipinski definition) is 3. The molecule has 4 unspecified atom stereocenters. The van der Waals surface area contributed by atoms with Gasteiger partial charge in [0.25, 0.3) is 0 Å². The van der Waals surface area contributed by atoms with Gasteiger partial charge >= 0.3 is 0 Å². The van der Waals surface area contributed by atoms with E-state index in [1.165, 1.54) is 25.8 Å². The minimum atomic E-state index is 0.263. The second kappa shape index (κ2) is 4.52. The zero-order valence-corrected chi connectivity index (χ0v) is 11.0. The fraction of sp³-hybridized carbons (Fsp3) is 1.00. The highest BCUT2D eigenvalue weighted by molar-refractivity contribution is 5.04. The third-order valence-corrected chi connectivity index (χ3v) is 5.38. The van der Waals surface area contributed by atoms with Gasteiger partial charge in [-0.05, 0) is 44.4 Å². The molecule has 4 atom stereocenters. The molecule has 98 valence electrons. The molecule has 17 heavy (non-hydrogen) atoms. The molecule has 3 nitrogen and oxygen atoms in total.